The molecular weight excluding hydrogens is 300 g/mol. The summed E-state index contributed by atoms with van der Waals surface area (Å²) in [6, 6.07) is 0. The van der Waals surface area contributed by atoms with E-state index in [0.29, 0.717) is 11.2 Å². The Balaban J connectivity index is 1.80. The van der Waals surface area contributed by atoms with Crippen LogP contribution in [0.3, 0.4) is 0 Å². The molecule has 130 valence electrons. The quantitative estimate of drug-likeness (QED) is 0.490. The zero-order valence-corrected chi connectivity index (χ0v) is 16.9. The first-order chi connectivity index (χ1) is 10.5. The van der Waals surface area contributed by atoms with Crippen LogP contribution in [-0.2, 0) is 9.22 Å². The van der Waals surface area contributed by atoms with Crippen molar-refractivity contribution in [2.75, 3.05) is 0 Å². The fourth-order valence-corrected chi connectivity index (χ4v) is 7.44. The molecule has 0 aromatic heterocycles. The molecule has 2 atom stereocenters. The van der Waals surface area contributed by atoms with Gasteiger partial charge in [0, 0.05) is 12.3 Å². The molecule has 0 saturated heterocycles. The van der Waals surface area contributed by atoms with Gasteiger partial charge in [-0.2, -0.15) is 0 Å². The lowest BCUT2D eigenvalue weighted by atomic mass is 9.62. The molecule has 2 fully saturated rings. The van der Waals surface area contributed by atoms with Crippen LogP contribution in [0.25, 0.3) is 0 Å². The highest BCUT2D eigenvalue weighted by Crippen LogP contribution is 2.67. The molecule has 0 bridgehead atoms. The Morgan fingerprint density at radius 2 is 1.91 bits per heavy atom. The van der Waals surface area contributed by atoms with Crippen molar-refractivity contribution in [3.05, 3.63) is 11.6 Å². The average Bonchev–Trinajstić information content (AvgIpc) is 2.99. The second-order valence-corrected chi connectivity index (χ2v) is 14.5. The van der Waals surface area contributed by atoms with E-state index in [2.05, 4.69) is 46.5 Å². The van der Waals surface area contributed by atoms with E-state index < -0.39 is 8.32 Å². The topological polar surface area (TPSA) is 26.3 Å². The van der Waals surface area contributed by atoms with Crippen LogP contribution in [0.5, 0.6) is 0 Å². The van der Waals surface area contributed by atoms with Crippen molar-refractivity contribution in [3.63, 3.8) is 0 Å². The Morgan fingerprint density at radius 1 is 1.26 bits per heavy atom. The molecule has 1 unspecified atom stereocenters. The van der Waals surface area contributed by atoms with Crippen molar-refractivity contribution >= 4 is 14.1 Å². The molecule has 3 rings (SSSR count). The Kier molecular flexibility index (Phi) is 4.00. The minimum atomic E-state index is -1.54. The second kappa shape index (κ2) is 5.29. The Morgan fingerprint density at radius 3 is 2.48 bits per heavy atom. The van der Waals surface area contributed by atoms with E-state index >= 15 is 0 Å². The van der Waals surface area contributed by atoms with Crippen molar-refractivity contribution in [1.29, 1.82) is 0 Å². The van der Waals surface area contributed by atoms with Crippen LogP contribution in [0.2, 0.25) is 19.6 Å². The Labute approximate surface area is 143 Å². The van der Waals surface area contributed by atoms with E-state index in [1.54, 1.807) is 5.57 Å². The lowest BCUT2D eigenvalue weighted by Gasteiger charge is -2.43. The van der Waals surface area contributed by atoms with Crippen LogP contribution in [0.4, 0.5) is 0 Å². The predicted molar refractivity (Wildman–Crippen MR) is 97.9 cm³/mol. The fraction of sp³-hybridized carbons (Fsp3) is 0.850. The van der Waals surface area contributed by atoms with E-state index in [0.717, 1.165) is 25.7 Å². The summed E-state index contributed by atoms with van der Waals surface area (Å²) in [7, 11) is -1.54. The molecule has 0 heterocycles. The largest absolute Gasteiger partial charge is 0.413 e. The van der Waals surface area contributed by atoms with Crippen molar-refractivity contribution in [2.24, 2.45) is 16.7 Å². The first kappa shape index (κ1) is 17.4. The maximum atomic E-state index is 12.4. The number of hydrogen-bond donors (Lipinski definition) is 0. The van der Waals surface area contributed by atoms with Gasteiger partial charge in [-0.3, -0.25) is 4.79 Å². The summed E-state index contributed by atoms with van der Waals surface area (Å²) in [5.41, 5.74) is 2.02. The minimum Gasteiger partial charge on any atom is -0.413 e. The van der Waals surface area contributed by atoms with Crippen LogP contribution in [-0.4, -0.2) is 19.7 Å². The molecule has 0 N–H and O–H groups in total. The summed E-state index contributed by atoms with van der Waals surface area (Å²) < 4.78 is 6.50. The maximum absolute atomic E-state index is 12.4. The van der Waals surface area contributed by atoms with Crippen LogP contribution < -0.4 is 0 Å². The number of ketones is 1. The highest BCUT2D eigenvalue weighted by atomic mass is 28.4. The summed E-state index contributed by atoms with van der Waals surface area (Å²) >= 11 is 0. The first-order valence-electron chi connectivity index (χ1n) is 9.42. The zero-order chi connectivity index (χ0) is 17.1. The van der Waals surface area contributed by atoms with E-state index in [1.165, 1.54) is 19.3 Å². The molecular formula is C20H34O2Si. The highest BCUT2D eigenvalue weighted by molar-refractivity contribution is 6.69. The third kappa shape index (κ3) is 3.24. The summed E-state index contributed by atoms with van der Waals surface area (Å²) in [5, 5.41) is 0. The summed E-state index contributed by atoms with van der Waals surface area (Å²) in [4.78, 5) is 12.4. The van der Waals surface area contributed by atoms with E-state index in [4.69, 9.17) is 4.43 Å². The molecule has 0 spiro atoms. The van der Waals surface area contributed by atoms with Gasteiger partial charge in [-0.25, -0.2) is 0 Å². The van der Waals surface area contributed by atoms with E-state index in [-0.39, 0.29) is 16.9 Å². The molecule has 3 aliphatic rings. The monoisotopic (exact) mass is 334 g/mol. The highest BCUT2D eigenvalue weighted by Gasteiger charge is 2.59. The van der Waals surface area contributed by atoms with Crippen LogP contribution in [0, 0.1) is 16.7 Å². The second-order valence-electron chi connectivity index (χ2n) is 10.1. The molecule has 23 heavy (non-hydrogen) atoms. The number of Topliss-reactive ketones (excluding diaryl/α,β-unsaturated/α-hetero) is 1. The van der Waals surface area contributed by atoms with Gasteiger partial charge in [-0.15, -0.1) is 0 Å². The van der Waals surface area contributed by atoms with Gasteiger partial charge in [0.05, 0.1) is 5.60 Å². The minimum absolute atomic E-state index is 0.0606. The number of rotatable bonds is 5. The Bertz CT molecular complexity index is 536. The fourth-order valence-electron chi connectivity index (χ4n) is 5.71. The van der Waals surface area contributed by atoms with Gasteiger partial charge in [-0.05, 0) is 82.8 Å². The number of hydrogen-bond acceptors (Lipinski definition) is 2. The van der Waals surface area contributed by atoms with Gasteiger partial charge in [0.2, 0.25) is 0 Å². The van der Waals surface area contributed by atoms with Gasteiger partial charge >= 0.3 is 0 Å². The molecule has 0 aromatic carbocycles. The van der Waals surface area contributed by atoms with Crippen molar-refractivity contribution in [1.82, 2.24) is 0 Å². The number of carbonyl (C=O) groups is 1. The van der Waals surface area contributed by atoms with Crippen molar-refractivity contribution in [2.45, 2.75) is 91.0 Å². The van der Waals surface area contributed by atoms with Gasteiger partial charge in [0.15, 0.2) is 8.32 Å². The molecule has 0 aliphatic heterocycles. The van der Waals surface area contributed by atoms with Crippen molar-refractivity contribution in [3.8, 4) is 0 Å². The summed E-state index contributed by atoms with van der Waals surface area (Å²) in [6.45, 7) is 13.8. The molecule has 0 radical (unpaired) electrons. The molecule has 3 heteroatoms. The Hall–Kier alpha value is -0.413. The van der Waals surface area contributed by atoms with Gasteiger partial charge < -0.3 is 4.43 Å². The maximum Gasteiger partial charge on any atom is 0.184 e. The lowest BCUT2D eigenvalue weighted by molar-refractivity contribution is -0.128. The molecule has 2 saturated carbocycles. The van der Waals surface area contributed by atoms with Gasteiger partial charge in [-0.1, -0.05) is 18.6 Å². The molecule has 0 amide bonds. The molecule has 0 aromatic rings. The SMILES string of the molecule is CC(C)(CC1(C2=CCC3C(=O)CCC[C@]23C)CC1)O[Si](C)(C)C. The predicted octanol–water partition coefficient (Wildman–Crippen LogP) is 5.49. The number of fused-ring (bicyclic) bond motifs is 1. The van der Waals surface area contributed by atoms with E-state index in [1.807, 2.05) is 0 Å². The lowest BCUT2D eigenvalue weighted by Crippen LogP contribution is -2.42. The van der Waals surface area contributed by atoms with Crippen LogP contribution in [0.15, 0.2) is 11.6 Å². The summed E-state index contributed by atoms with van der Waals surface area (Å²) in [6.07, 6.45) is 10.2. The molecule has 2 nitrogen and oxygen atoms in total. The first-order valence-corrected chi connectivity index (χ1v) is 12.8. The normalized spacial score (nSPS) is 33.4. The smallest absolute Gasteiger partial charge is 0.184 e. The summed E-state index contributed by atoms with van der Waals surface area (Å²) in [5.74, 6) is 0.781. The third-order valence-corrected chi connectivity index (χ3v) is 7.39. The zero-order valence-electron chi connectivity index (χ0n) is 15.9. The van der Waals surface area contributed by atoms with Gasteiger partial charge in [0.25, 0.3) is 0 Å². The van der Waals surface area contributed by atoms with Crippen molar-refractivity contribution < 1.29 is 9.22 Å². The molecule has 3 aliphatic carbocycles. The van der Waals surface area contributed by atoms with Gasteiger partial charge in [0.1, 0.15) is 5.78 Å². The third-order valence-electron chi connectivity index (χ3n) is 6.22. The number of allylic oxidation sites excluding steroid dienone is 2. The van der Waals surface area contributed by atoms with E-state index in [9.17, 15) is 4.79 Å². The number of carbonyl (C=O) groups excluding carboxylic acids is 1. The standard InChI is InChI=1S/C20H34O2Si/c1-18(2,22-23(4,5)6)14-20(12-13-20)17-10-9-15-16(21)8-7-11-19(15,17)3/h10,15H,7-9,11-14H2,1-6H3/t15?,19-/m0/s1. The van der Waals surface area contributed by atoms with Crippen LogP contribution >= 0.6 is 0 Å². The average molecular weight is 335 g/mol. The van der Waals surface area contributed by atoms with Crippen LogP contribution in [0.1, 0.15) is 65.7 Å².